The standard InChI is InChI=1S/C20H21NO4/c1-24-19(22)16-15(13-9-5-3-6-10-13)18(20(23)25-2)21-17(16)14-11-7-4-8-12-14/h3-12,15-18,21H,1-2H3/p+1/t15-,16+,17-,18-/m1/s1. The molecule has 1 aliphatic heterocycles. The predicted molar refractivity (Wildman–Crippen MR) is 91.6 cm³/mol. The molecule has 1 saturated heterocycles. The third-order valence-electron chi connectivity index (χ3n) is 4.89. The lowest BCUT2D eigenvalue weighted by molar-refractivity contribution is -0.700. The highest BCUT2D eigenvalue weighted by Crippen LogP contribution is 2.40. The van der Waals surface area contributed by atoms with Gasteiger partial charge in [0.15, 0.2) is 6.04 Å². The zero-order valence-electron chi connectivity index (χ0n) is 14.3. The molecule has 25 heavy (non-hydrogen) atoms. The van der Waals surface area contributed by atoms with Gasteiger partial charge >= 0.3 is 11.9 Å². The van der Waals surface area contributed by atoms with Gasteiger partial charge < -0.3 is 14.8 Å². The number of methoxy groups -OCH3 is 2. The van der Waals surface area contributed by atoms with Gasteiger partial charge in [-0.2, -0.15) is 0 Å². The number of carbonyl (C=O) groups excluding carboxylic acids is 2. The maximum atomic E-state index is 12.6. The second kappa shape index (κ2) is 7.49. The SMILES string of the molecule is COC(=O)[C@H]1[C@@H](c2ccccc2)[C@H](C(=O)OC)[NH2+][C@@H]1c1ccccc1. The fourth-order valence-corrected chi connectivity index (χ4v) is 3.78. The topological polar surface area (TPSA) is 69.2 Å². The molecule has 3 rings (SSSR count). The Labute approximate surface area is 147 Å². The van der Waals surface area contributed by atoms with Crippen LogP contribution in [0.15, 0.2) is 60.7 Å². The van der Waals surface area contributed by atoms with E-state index >= 15 is 0 Å². The first kappa shape index (κ1) is 17.2. The normalized spacial score (nSPS) is 25.4. The minimum atomic E-state index is -0.498. The third-order valence-corrected chi connectivity index (χ3v) is 4.89. The summed E-state index contributed by atoms with van der Waals surface area (Å²) in [5, 5.41) is 1.93. The average molecular weight is 340 g/mol. The molecule has 0 saturated carbocycles. The summed E-state index contributed by atoms with van der Waals surface area (Å²) in [5.41, 5.74) is 1.92. The molecule has 0 unspecified atom stereocenters. The summed E-state index contributed by atoms with van der Waals surface area (Å²) in [6, 6.07) is 18.6. The molecule has 0 radical (unpaired) electrons. The van der Waals surface area contributed by atoms with Crippen LogP contribution in [-0.4, -0.2) is 32.2 Å². The highest BCUT2D eigenvalue weighted by atomic mass is 16.5. The van der Waals surface area contributed by atoms with Gasteiger partial charge in [-0.05, 0) is 5.56 Å². The van der Waals surface area contributed by atoms with E-state index in [0.29, 0.717) is 0 Å². The first-order chi connectivity index (χ1) is 12.2. The van der Waals surface area contributed by atoms with Crippen molar-refractivity contribution in [2.24, 2.45) is 5.92 Å². The Balaban J connectivity index is 2.09. The third kappa shape index (κ3) is 3.28. The lowest BCUT2D eigenvalue weighted by Gasteiger charge is -2.20. The molecule has 1 aliphatic rings. The number of esters is 2. The van der Waals surface area contributed by atoms with Gasteiger partial charge in [0, 0.05) is 5.56 Å². The Morgan fingerprint density at radius 3 is 1.84 bits per heavy atom. The van der Waals surface area contributed by atoms with Crippen LogP contribution in [-0.2, 0) is 19.1 Å². The number of benzene rings is 2. The molecule has 5 heteroatoms. The van der Waals surface area contributed by atoms with Gasteiger partial charge in [-0.3, -0.25) is 4.79 Å². The zero-order valence-corrected chi connectivity index (χ0v) is 14.3. The van der Waals surface area contributed by atoms with Crippen molar-refractivity contribution in [2.45, 2.75) is 18.0 Å². The van der Waals surface area contributed by atoms with E-state index in [1.807, 2.05) is 66.0 Å². The smallest absolute Gasteiger partial charge is 0.365 e. The number of quaternary nitrogens is 1. The van der Waals surface area contributed by atoms with Gasteiger partial charge in [-0.25, -0.2) is 4.79 Å². The second-order valence-electron chi connectivity index (χ2n) is 6.16. The summed E-state index contributed by atoms with van der Waals surface area (Å²) in [7, 11) is 2.76. The van der Waals surface area contributed by atoms with E-state index in [-0.39, 0.29) is 23.9 Å². The van der Waals surface area contributed by atoms with Crippen LogP contribution in [0.25, 0.3) is 0 Å². The monoisotopic (exact) mass is 340 g/mol. The highest BCUT2D eigenvalue weighted by molar-refractivity contribution is 5.81. The largest absolute Gasteiger partial charge is 0.469 e. The van der Waals surface area contributed by atoms with Crippen molar-refractivity contribution < 1.29 is 24.4 Å². The maximum Gasteiger partial charge on any atom is 0.365 e. The molecule has 0 aromatic heterocycles. The molecule has 2 aromatic rings. The minimum Gasteiger partial charge on any atom is -0.469 e. The lowest BCUT2D eigenvalue weighted by Crippen LogP contribution is -2.90. The summed E-state index contributed by atoms with van der Waals surface area (Å²) in [4.78, 5) is 25.1. The van der Waals surface area contributed by atoms with Crippen LogP contribution in [0.3, 0.4) is 0 Å². The Bertz CT molecular complexity index is 732. The van der Waals surface area contributed by atoms with Crippen LogP contribution < -0.4 is 5.32 Å². The van der Waals surface area contributed by atoms with Crippen LogP contribution >= 0.6 is 0 Å². The molecule has 4 atom stereocenters. The van der Waals surface area contributed by atoms with Gasteiger partial charge in [-0.15, -0.1) is 0 Å². The molecule has 5 nitrogen and oxygen atoms in total. The summed E-state index contributed by atoms with van der Waals surface area (Å²) in [6.45, 7) is 0. The van der Waals surface area contributed by atoms with Crippen LogP contribution in [0.4, 0.5) is 0 Å². The number of hydrogen-bond donors (Lipinski definition) is 1. The Kier molecular flexibility index (Phi) is 5.14. The number of rotatable bonds is 4. The van der Waals surface area contributed by atoms with Gasteiger partial charge in [0.1, 0.15) is 12.0 Å². The van der Waals surface area contributed by atoms with Gasteiger partial charge in [0.05, 0.1) is 20.1 Å². The van der Waals surface area contributed by atoms with Gasteiger partial charge in [0.25, 0.3) is 0 Å². The fourth-order valence-electron chi connectivity index (χ4n) is 3.78. The minimum absolute atomic E-state index is 0.206. The summed E-state index contributed by atoms with van der Waals surface area (Å²) < 4.78 is 10.1. The van der Waals surface area contributed by atoms with Crippen molar-refractivity contribution in [3.05, 3.63) is 71.8 Å². The Hall–Kier alpha value is -2.66. The number of ether oxygens (including phenoxy) is 2. The Morgan fingerprint density at radius 1 is 0.800 bits per heavy atom. The lowest BCUT2D eigenvalue weighted by atomic mass is 9.80. The van der Waals surface area contributed by atoms with Crippen molar-refractivity contribution in [1.29, 1.82) is 0 Å². The predicted octanol–water partition coefficient (Wildman–Crippen LogP) is 1.42. The van der Waals surface area contributed by atoms with E-state index in [1.165, 1.54) is 14.2 Å². The summed E-state index contributed by atoms with van der Waals surface area (Å²) in [5.74, 6) is -1.43. The number of nitrogens with two attached hydrogens (primary N) is 1. The molecule has 0 bridgehead atoms. The highest BCUT2D eigenvalue weighted by Gasteiger charge is 2.55. The molecular weight excluding hydrogens is 318 g/mol. The molecular formula is C20H22NO4+. The van der Waals surface area contributed by atoms with Gasteiger partial charge in [0.2, 0.25) is 0 Å². The van der Waals surface area contributed by atoms with Crippen molar-refractivity contribution in [3.63, 3.8) is 0 Å². The molecule has 0 spiro atoms. The average Bonchev–Trinajstić information content (AvgIpc) is 3.08. The molecule has 2 aromatic carbocycles. The molecule has 1 heterocycles. The van der Waals surface area contributed by atoms with E-state index in [9.17, 15) is 9.59 Å². The quantitative estimate of drug-likeness (QED) is 0.855. The van der Waals surface area contributed by atoms with Gasteiger partial charge in [-0.1, -0.05) is 60.7 Å². The second-order valence-corrected chi connectivity index (χ2v) is 6.16. The van der Waals surface area contributed by atoms with Crippen molar-refractivity contribution in [3.8, 4) is 0 Å². The molecule has 1 fully saturated rings. The summed E-state index contributed by atoms with van der Waals surface area (Å²) >= 11 is 0. The number of carbonyl (C=O) groups is 2. The molecule has 130 valence electrons. The van der Waals surface area contributed by atoms with Crippen LogP contribution in [0.2, 0.25) is 0 Å². The molecule has 0 amide bonds. The van der Waals surface area contributed by atoms with Crippen LogP contribution in [0.1, 0.15) is 23.1 Å². The van der Waals surface area contributed by atoms with E-state index < -0.39 is 12.0 Å². The van der Waals surface area contributed by atoms with Crippen LogP contribution in [0, 0.1) is 5.92 Å². The van der Waals surface area contributed by atoms with Crippen LogP contribution in [0.5, 0.6) is 0 Å². The number of hydrogen-bond acceptors (Lipinski definition) is 4. The van der Waals surface area contributed by atoms with E-state index in [4.69, 9.17) is 9.47 Å². The van der Waals surface area contributed by atoms with Crippen molar-refractivity contribution in [1.82, 2.24) is 0 Å². The van der Waals surface area contributed by atoms with E-state index in [1.54, 1.807) is 0 Å². The Morgan fingerprint density at radius 2 is 1.32 bits per heavy atom. The van der Waals surface area contributed by atoms with E-state index in [2.05, 4.69) is 0 Å². The first-order valence-electron chi connectivity index (χ1n) is 8.28. The van der Waals surface area contributed by atoms with Crippen molar-refractivity contribution >= 4 is 11.9 Å². The summed E-state index contributed by atoms with van der Waals surface area (Å²) in [6.07, 6.45) is 0. The zero-order chi connectivity index (χ0) is 17.8. The first-order valence-corrected chi connectivity index (χ1v) is 8.28. The molecule has 0 aliphatic carbocycles. The molecule has 2 N–H and O–H groups in total. The van der Waals surface area contributed by atoms with Crippen molar-refractivity contribution in [2.75, 3.05) is 14.2 Å². The van der Waals surface area contributed by atoms with E-state index in [0.717, 1.165) is 11.1 Å². The fraction of sp³-hybridized carbons (Fsp3) is 0.300. The maximum absolute atomic E-state index is 12.6.